The minimum Gasteiger partial charge on any atom is -0.462 e. The van der Waals surface area contributed by atoms with Crippen LogP contribution in [0.25, 0.3) is 44.5 Å². The van der Waals surface area contributed by atoms with Crippen LogP contribution in [0.4, 0.5) is 4.39 Å². The summed E-state index contributed by atoms with van der Waals surface area (Å²) in [5.74, 6) is -5.64. The van der Waals surface area contributed by atoms with Crippen molar-refractivity contribution < 1.29 is 119 Å². The second-order valence-electron chi connectivity index (χ2n) is 32.6. The number of rotatable bonds is 29. The molecule has 0 radical (unpaired) electrons. The van der Waals surface area contributed by atoms with E-state index in [-0.39, 0.29) is 121 Å². The van der Waals surface area contributed by atoms with Crippen LogP contribution in [0.3, 0.4) is 0 Å². The van der Waals surface area contributed by atoms with Crippen molar-refractivity contribution >= 4 is 71.6 Å². The first-order valence-electron chi connectivity index (χ1n) is 41.9. The van der Waals surface area contributed by atoms with E-state index >= 15 is 0 Å². The summed E-state index contributed by atoms with van der Waals surface area (Å²) in [5, 5.41) is 0. The molecule has 4 aliphatic carbocycles. The Morgan fingerprint density at radius 3 is 0.910 bits per heavy atom. The summed E-state index contributed by atoms with van der Waals surface area (Å²) >= 11 is 0. The van der Waals surface area contributed by atoms with Gasteiger partial charge in [-0.1, -0.05) is 152 Å². The quantitative estimate of drug-likeness (QED) is 0.0182. The Labute approximate surface area is 771 Å². The molecule has 8 aromatic rings. The maximum Gasteiger partial charge on any atom is 0.338 e. The number of aryl methyl sites for hydroxylation is 3. The van der Waals surface area contributed by atoms with Crippen LogP contribution in [0, 0.1) is 5.82 Å². The van der Waals surface area contributed by atoms with Gasteiger partial charge in [0.2, 0.25) is 0 Å². The topological polar surface area (TPSA) is 316 Å². The highest BCUT2D eigenvalue weighted by Crippen LogP contribution is 2.45. The lowest BCUT2D eigenvalue weighted by Gasteiger charge is -2.21. The molecule has 0 fully saturated rings. The fourth-order valence-electron chi connectivity index (χ4n) is 13.7. The van der Waals surface area contributed by atoms with E-state index in [1.165, 1.54) is 51.1 Å². The van der Waals surface area contributed by atoms with E-state index in [9.17, 15) is 61.9 Å². The second-order valence-corrected chi connectivity index (χ2v) is 32.6. The number of ether oxygens (including phenoxy) is 12. The summed E-state index contributed by atoms with van der Waals surface area (Å²) in [6.45, 7) is 60.3. The molecule has 0 amide bonds. The largest absolute Gasteiger partial charge is 0.462 e. The van der Waals surface area contributed by atoms with Crippen LogP contribution in [0.2, 0.25) is 0 Å². The van der Waals surface area contributed by atoms with Crippen molar-refractivity contribution in [2.24, 2.45) is 0 Å². The molecule has 0 aliphatic heterocycles. The zero-order valence-corrected chi connectivity index (χ0v) is 76.1. The molecule has 0 aromatic heterocycles. The summed E-state index contributed by atoms with van der Waals surface area (Å²) in [6.07, 6.45) is 3.84. The standard InChI is InChI=1S/C28H28O6.C27H25FO6.C27H26O6.C26H24O6/c1-16(2)26(29)32-15-21-8-7-20-11-19(9-10-25(20)21)22-12-23(33-27(30)17(3)4)14-24(13-22)34-28(31)18(5)6;1-14(2)25(29)32-21-11-18(10-20(28)13-21)17-7-8-22-19(9-17)12-23(33-26(30)15(3)4)24(22)34-27(31)16(5)6;1-15(2)25(28)31-21-12-20(13-22(14-21)32-26(29)16(3)4)18-7-9-23-19(11-18)8-10-24(23)33-27(30)17(5)6;1-6-24(27)32-23-10-8-18-11-17(7-9-22(18)23)19-12-20(30-25(28)15(2)3)14-21(13-19)31-26(29)16(4)5/h9-14,21H,1,3,5,7-8,15H2,2,4,6H3;7-11,13,23-24H,1,3,5,12H2,2,4,6H3;7,9,11-14,24H,1,3,5,8,10H2,2,4,6H3;6-7,9,11-14,23H,1-2,4,8,10H2,3,5H3. The fraction of sp³-hybridized carbons (Fsp3) is 0.222. The van der Waals surface area contributed by atoms with Crippen molar-refractivity contribution in [3.63, 3.8) is 0 Å². The SMILES string of the molecule is C=C(C)C(=O)OCC1CCc2cc(-c3cc(OC(=O)C(=C)C)cc(OC(=O)C(=C)C)c3)ccc21.C=C(C)C(=O)Oc1cc(F)cc(-c2ccc3c(c2)CC(OC(=O)C(=C)C)C3OC(=O)C(=C)C)c1.C=C(C)C(=O)Oc1cc(OC(=O)C(=C)C)cc(-c2ccc3c(c2)CCC3OC(=O)C(=C)C)c1.C=CC(=O)OC1CCc2cc(-c3cc(OC(=O)C(=C)C)cc(OC(=O)C(=C)C)c3)ccc21. The summed E-state index contributed by atoms with van der Waals surface area (Å²) in [4.78, 5) is 144. The van der Waals surface area contributed by atoms with Gasteiger partial charge in [0.25, 0.3) is 0 Å². The van der Waals surface area contributed by atoms with Gasteiger partial charge in [-0.3, -0.25) is 0 Å². The minimum absolute atomic E-state index is 0.0463. The Morgan fingerprint density at radius 1 is 0.293 bits per heavy atom. The molecule has 686 valence electrons. The molecule has 133 heavy (non-hydrogen) atoms. The van der Waals surface area contributed by atoms with E-state index in [1.807, 2.05) is 48.5 Å². The Morgan fingerprint density at radius 2 is 0.571 bits per heavy atom. The summed E-state index contributed by atoms with van der Waals surface area (Å²) in [5.41, 5.74) is 16.3. The van der Waals surface area contributed by atoms with Crippen LogP contribution in [0.15, 0.2) is 292 Å². The number of carbonyl (C=O) groups is 12. The van der Waals surface area contributed by atoms with Crippen molar-refractivity contribution in [2.75, 3.05) is 6.61 Å². The van der Waals surface area contributed by atoms with Crippen molar-refractivity contribution in [3.05, 3.63) is 342 Å². The Kier molecular flexibility index (Phi) is 34.1. The molecule has 0 spiro atoms. The first kappa shape index (κ1) is 101. The molecule has 25 heteroatoms. The molecule has 24 nitrogen and oxygen atoms in total. The van der Waals surface area contributed by atoms with Crippen molar-refractivity contribution in [2.45, 2.75) is 151 Å². The lowest BCUT2D eigenvalue weighted by Crippen LogP contribution is -2.26. The number of benzene rings is 8. The van der Waals surface area contributed by atoms with Crippen LogP contribution >= 0.6 is 0 Å². The molecular weight excluding hydrogens is 1700 g/mol. The molecule has 0 saturated carbocycles. The molecule has 0 N–H and O–H groups in total. The van der Waals surface area contributed by atoms with E-state index in [1.54, 1.807) is 110 Å². The van der Waals surface area contributed by atoms with Gasteiger partial charge in [-0.15, -0.1) is 0 Å². The summed E-state index contributed by atoms with van der Waals surface area (Å²) in [7, 11) is 0. The lowest BCUT2D eigenvalue weighted by atomic mass is 9.97. The van der Waals surface area contributed by atoms with Crippen LogP contribution in [0.1, 0.15) is 164 Å². The van der Waals surface area contributed by atoms with Gasteiger partial charge in [0.1, 0.15) is 64.4 Å². The maximum atomic E-state index is 14.3. The smallest absolute Gasteiger partial charge is 0.338 e. The molecule has 0 heterocycles. The highest BCUT2D eigenvalue weighted by molar-refractivity contribution is 5.95. The predicted molar refractivity (Wildman–Crippen MR) is 499 cm³/mol. The van der Waals surface area contributed by atoms with Crippen LogP contribution in [0.5, 0.6) is 40.2 Å². The third-order valence-electron chi connectivity index (χ3n) is 20.6. The molecule has 4 aliphatic rings. The second kappa shape index (κ2) is 45.0. The number of halogens is 1. The third-order valence-corrected chi connectivity index (χ3v) is 20.6. The fourth-order valence-corrected chi connectivity index (χ4v) is 13.7. The molecule has 0 saturated heterocycles. The van der Waals surface area contributed by atoms with Crippen molar-refractivity contribution in [1.29, 1.82) is 0 Å². The number of fused-ring (bicyclic) bond motifs is 4. The van der Waals surface area contributed by atoms with Crippen molar-refractivity contribution in [3.8, 4) is 84.8 Å². The van der Waals surface area contributed by atoms with Gasteiger partial charge in [-0.25, -0.2) is 61.9 Å². The zero-order chi connectivity index (χ0) is 97.8. The molecule has 5 unspecified atom stereocenters. The first-order chi connectivity index (χ1) is 62.7. The Hall–Kier alpha value is -15.8. The average Bonchev–Trinajstić information content (AvgIpc) is 1.65. The lowest BCUT2D eigenvalue weighted by molar-refractivity contribution is -0.161. The van der Waals surface area contributed by atoms with Gasteiger partial charge in [-0.2, -0.15) is 0 Å². The number of hydrogen-bond acceptors (Lipinski definition) is 24. The molecule has 8 aromatic carbocycles. The Bertz CT molecular complexity index is 6120. The molecule has 0 bridgehead atoms. The van der Waals surface area contributed by atoms with Gasteiger partial charge in [0, 0.05) is 104 Å². The first-order valence-corrected chi connectivity index (χ1v) is 41.9. The predicted octanol–water partition coefficient (Wildman–Crippen LogP) is 21.1. The average molecular weight is 1800 g/mol. The zero-order valence-electron chi connectivity index (χ0n) is 76.1. The summed E-state index contributed by atoms with van der Waals surface area (Å²) in [6, 6.07) is 41.4. The number of hydrogen-bond donors (Lipinski definition) is 0. The monoisotopic (exact) mass is 1800 g/mol. The van der Waals surface area contributed by atoms with E-state index < -0.39 is 83.7 Å². The van der Waals surface area contributed by atoms with Crippen LogP contribution in [-0.4, -0.2) is 84.3 Å². The highest BCUT2D eigenvalue weighted by atomic mass is 19.1. The van der Waals surface area contributed by atoms with Crippen LogP contribution < -0.4 is 33.2 Å². The van der Waals surface area contributed by atoms with Gasteiger partial charge < -0.3 is 56.8 Å². The van der Waals surface area contributed by atoms with E-state index in [2.05, 4.69) is 85.0 Å². The van der Waals surface area contributed by atoms with Crippen LogP contribution in [-0.2, 0) is 107 Å². The van der Waals surface area contributed by atoms with E-state index in [0.29, 0.717) is 58.4 Å². The maximum absolute atomic E-state index is 14.3. The minimum atomic E-state index is -0.823. The number of esters is 12. The Balaban J connectivity index is 0.000000199. The highest BCUT2D eigenvalue weighted by Gasteiger charge is 2.39. The van der Waals surface area contributed by atoms with Gasteiger partial charge >= 0.3 is 71.6 Å². The van der Waals surface area contributed by atoms with Gasteiger partial charge in [0.05, 0.1) is 6.61 Å². The number of carbonyl (C=O) groups excluding carboxylic acids is 12. The molecular formula is C108H103FO24. The van der Waals surface area contributed by atoms with Crippen molar-refractivity contribution in [1.82, 2.24) is 0 Å². The van der Waals surface area contributed by atoms with Gasteiger partial charge in [-0.05, 0) is 252 Å². The van der Waals surface area contributed by atoms with E-state index in [0.717, 1.165) is 99.0 Å². The molecule has 5 atom stereocenters. The molecule has 12 rings (SSSR count). The normalized spacial score (nSPS) is 14.6. The van der Waals surface area contributed by atoms with E-state index in [4.69, 9.17) is 56.8 Å². The summed E-state index contributed by atoms with van der Waals surface area (Å²) < 4.78 is 79.1. The van der Waals surface area contributed by atoms with Gasteiger partial charge in [0.15, 0.2) is 6.10 Å². The third kappa shape index (κ3) is 27.6.